The largest absolute Gasteiger partial charge is 0.466 e. The predicted octanol–water partition coefficient (Wildman–Crippen LogP) is 3.37. The molecular weight excluding hydrogens is 370 g/mol. The van der Waals surface area contributed by atoms with Crippen molar-refractivity contribution in [1.82, 2.24) is 0 Å². The van der Waals surface area contributed by atoms with E-state index >= 15 is 0 Å². The predicted molar refractivity (Wildman–Crippen MR) is 104 cm³/mol. The molecule has 9 heteroatoms. The standard InChI is InChI=1S/C18H35NO7Si/c1-9-23-15(20)10-13(11-19(21)22)16-14(25-18(5,6)26-16)12-24-27(7,8)17(2,3)4/h13-14,16H,9-12H2,1-8H3/t13?,14-,16-/m1/s1. The summed E-state index contributed by atoms with van der Waals surface area (Å²) in [4.78, 5) is 22.7. The molecule has 1 fully saturated rings. The number of carbonyl (C=O) groups is 1. The van der Waals surface area contributed by atoms with Crippen LogP contribution in [0.25, 0.3) is 0 Å². The summed E-state index contributed by atoms with van der Waals surface area (Å²) in [5.74, 6) is -2.01. The Bertz CT molecular complexity index is 530. The van der Waals surface area contributed by atoms with E-state index in [1.807, 2.05) is 0 Å². The molecule has 1 saturated heterocycles. The number of esters is 1. The highest BCUT2D eigenvalue weighted by molar-refractivity contribution is 6.74. The van der Waals surface area contributed by atoms with E-state index < -0.39 is 43.1 Å². The van der Waals surface area contributed by atoms with Gasteiger partial charge in [-0.25, -0.2) is 0 Å². The molecule has 1 heterocycles. The van der Waals surface area contributed by atoms with Crippen LogP contribution in [0.5, 0.6) is 0 Å². The van der Waals surface area contributed by atoms with Crippen LogP contribution in [0.15, 0.2) is 0 Å². The molecule has 0 amide bonds. The second-order valence-corrected chi connectivity index (χ2v) is 13.8. The van der Waals surface area contributed by atoms with Gasteiger partial charge in [-0.1, -0.05) is 20.8 Å². The van der Waals surface area contributed by atoms with Gasteiger partial charge in [0.15, 0.2) is 14.1 Å². The molecule has 0 aromatic carbocycles. The summed E-state index contributed by atoms with van der Waals surface area (Å²) in [5.41, 5.74) is 0. The minimum Gasteiger partial charge on any atom is -0.466 e. The van der Waals surface area contributed by atoms with Gasteiger partial charge < -0.3 is 18.6 Å². The van der Waals surface area contributed by atoms with E-state index in [1.165, 1.54) is 0 Å². The Morgan fingerprint density at radius 1 is 1.30 bits per heavy atom. The van der Waals surface area contributed by atoms with Gasteiger partial charge in [0.2, 0.25) is 6.54 Å². The summed E-state index contributed by atoms with van der Waals surface area (Å²) < 4.78 is 23.2. The Kier molecular flexibility index (Phi) is 7.98. The topological polar surface area (TPSA) is 97.1 Å². The summed E-state index contributed by atoms with van der Waals surface area (Å²) in [6.07, 6.45) is -1.18. The van der Waals surface area contributed by atoms with Crippen molar-refractivity contribution in [3.8, 4) is 0 Å². The van der Waals surface area contributed by atoms with Gasteiger partial charge in [-0.05, 0) is 38.9 Å². The Labute approximate surface area is 163 Å². The van der Waals surface area contributed by atoms with E-state index in [2.05, 4.69) is 33.9 Å². The van der Waals surface area contributed by atoms with Crippen molar-refractivity contribution in [1.29, 1.82) is 0 Å². The number of rotatable bonds is 9. The van der Waals surface area contributed by atoms with Gasteiger partial charge in [-0.3, -0.25) is 14.9 Å². The van der Waals surface area contributed by atoms with Gasteiger partial charge in [0, 0.05) is 4.92 Å². The Morgan fingerprint density at radius 2 is 1.89 bits per heavy atom. The lowest BCUT2D eigenvalue weighted by atomic mass is 9.94. The number of carbonyl (C=O) groups excluding carboxylic acids is 1. The van der Waals surface area contributed by atoms with Gasteiger partial charge >= 0.3 is 5.97 Å². The van der Waals surface area contributed by atoms with Gasteiger partial charge in [0.25, 0.3) is 0 Å². The molecular formula is C18H35NO7Si. The maximum Gasteiger partial charge on any atom is 0.306 e. The number of hydrogen-bond acceptors (Lipinski definition) is 7. The molecule has 3 atom stereocenters. The maximum absolute atomic E-state index is 11.9. The molecule has 1 unspecified atom stereocenters. The molecule has 0 bridgehead atoms. The first-order valence-corrected chi connectivity index (χ1v) is 12.4. The van der Waals surface area contributed by atoms with E-state index in [0.717, 1.165) is 0 Å². The molecule has 1 rings (SSSR count). The first-order valence-electron chi connectivity index (χ1n) is 9.45. The normalized spacial score (nSPS) is 23.9. The van der Waals surface area contributed by atoms with Crippen LogP contribution in [0.3, 0.4) is 0 Å². The smallest absolute Gasteiger partial charge is 0.306 e. The van der Waals surface area contributed by atoms with E-state index in [4.69, 9.17) is 18.6 Å². The third kappa shape index (κ3) is 7.13. The van der Waals surface area contributed by atoms with Crippen molar-refractivity contribution in [3.63, 3.8) is 0 Å². The van der Waals surface area contributed by atoms with E-state index in [0.29, 0.717) is 0 Å². The SMILES string of the molecule is CCOC(=O)CC(C[N+](=O)[O-])[C@H]1OC(C)(C)O[C@@H]1CO[Si](C)(C)C(C)(C)C. The average molecular weight is 406 g/mol. The summed E-state index contributed by atoms with van der Waals surface area (Å²) in [6.45, 7) is 16.0. The molecule has 27 heavy (non-hydrogen) atoms. The summed E-state index contributed by atoms with van der Waals surface area (Å²) in [7, 11) is -2.02. The molecule has 0 saturated carbocycles. The molecule has 1 aliphatic heterocycles. The molecule has 0 spiro atoms. The van der Waals surface area contributed by atoms with Crippen LogP contribution in [0, 0.1) is 16.0 Å². The van der Waals surface area contributed by atoms with Crippen LogP contribution in [-0.2, 0) is 23.4 Å². The van der Waals surface area contributed by atoms with Crippen LogP contribution >= 0.6 is 0 Å². The number of nitro groups is 1. The molecule has 0 aromatic rings. The summed E-state index contributed by atoms with van der Waals surface area (Å²) in [5, 5.41) is 11.2. The summed E-state index contributed by atoms with van der Waals surface area (Å²) >= 11 is 0. The van der Waals surface area contributed by atoms with Crippen LogP contribution < -0.4 is 0 Å². The minimum atomic E-state index is -2.02. The lowest BCUT2D eigenvalue weighted by Gasteiger charge is -2.37. The third-order valence-electron chi connectivity index (χ3n) is 5.22. The zero-order valence-corrected chi connectivity index (χ0v) is 18.9. The third-order valence-corrected chi connectivity index (χ3v) is 9.72. The zero-order chi connectivity index (χ0) is 21.0. The highest BCUT2D eigenvalue weighted by Gasteiger charge is 2.48. The second kappa shape index (κ2) is 8.98. The Morgan fingerprint density at radius 3 is 2.37 bits per heavy atom. The van der Waals surface area contributed by atoms with Gasteiger partial charge in [0.1, 0.15) is 6.10 Å². The number of ether oxygens (including phenoxy) is 3. The first-order chi connectivity index (χ1) is 12.2. The van der Waals surface area contributed by atoms with Crippen molar-refractivity contribution in [2.24, 2.45) is 5.92 Å². The van der Waals surface area contributed by atoms with Crippen LogP contribution in [0.2, 0.25) is 18.1 Å². The fourth-order valence-corrected chi connectivity index (χ4v) is 3.82. The van der Waals surface area contributed by atoms with Crippen molar-refractivity contribution >= 4 is 14.3 Å². The molecule has 0 N–H and O–H groups in total. The van der Waals surface area contributed by atoms with Gasteiger partial charge in [0.05, 0.1) is 31.7 Å². The monoisotopic (exact) mass is 405 g/mol. The number of nitrogens with zero attached hydrogens (tertiary/aromatic N) is 1. The summed E-state index contributed by atoms with van der Waals surface area (Å²) in [6, 6.07) is 0. The molecule has 0 aromatic heterocycles. The highest BCUT2D eigenvalue weighted by atomic mass is 28.4. The molecule has 0 aliphatic carbocycles. The maximum atomic E-state index is 11.9. The molecule has 0 radical (unpaired) electrons. The van der Waals surface area contributed by atoms with E-state index in [1.54, 1.807) is 20.8 Å². The van der Waals surface area contributed by atoms with Gasteiger partial charge in [-0.2, -0.15) is 0 Å². The first kappa shape index (κ1) is 24.0. The lowest BCUT2D eigenvalue weighted by Crippen LogP contribution is -2.45. The van der Waals surface area contributed by atoms with Crippen molar-refractivity contribution < 1.29 is 28.4 Å². The van der Waals surface area contributed by atoms with Crippen molar-refractivity contribution in [2.45, 2.75) is 84.1 Å². The minimum absolute atomic E-state index is 0.0304. The Balaban J connectivity index is 2.96. The molecule has 158 valence electrons. The van der Waals surface area contributed by atoms with Crippen molar-refractivity contribution in [3.05, 3.63) is 10.1 Å². The second-order valence-electron chi connectivity index (χ2n) is 8.99. The van der Waals surface area contributed by atoms with Crippen LogP contribution in [-0.4, -0.2) is 57.0 Å². The fourth-order valence-electron chi connectivity index (χ4n) is 2.81. The van der Waals surface area contributed by atoms with Crippen LogP contribution in [0.1, 0.15) is 48.0 Å². The van der Waals surface area contributed by atoms with E-state index in [9.17, 15) is 14.9 Å². The average Bonchev–Trinajstić information content (AvgIpc) is 2.78. The van der Waals surface area contributed by atoms with Crippen molar-refractivity contribution in [2.75, 3.05) is 19.8 Å². The van der Waals surface area contributed by atoms with Crippen LogP contribution in [0.4, 0.5) is 0 Å². The molecule has 8 nitrogen and oxygen atoms in total. The molecule has 1 aliphatic rings. The quantitative estimate of drug-likeness (QED) is 0.251. The number of hydrogen-bond donors (Lipinski definition) is 0. The van der Waals surface area contributed by atoms with E-state index in [-0.39, 0.29) is 31.2 Å². The lowest BCUT2D eigenvalue weighted by molar-refractivity contribution is -0.490. The fraction of sp³-hybridized carbons (Fsp3) is 0.944. The Hall–Kier alpha value is -1.03. The highest BCUT2D eigenvalue weighted by Crippen LogP contribution is 2.39. The van der Waals surface area contributed by atoms with Gasteiger partial charge in [-0.15, -0.1) is 0 Å². The zero-order valence-electron chi connectivity index (χ0n) is 17.9.